The number of hydrogen-bond donors (Lipinski definition) is 3. The van der Waals surface area contributed by atoms with Crippen LogP contribution in [0.25, 0.3) is 0 Å². The van der Waals surface area contributed by atoms with Crippen LogP contribution in [-0.2, 0) is 6.54 Å². The number of rotatable bonds is 3. The van der Waals surface area contributed by atoms with E-state index in [9.17, 15) is 4.79 Å². The van der Waals surface area contributed by atoms with E-state index in [1.165, 1.54) is 6.07 Å². The van der Waals surface area contributed by atoms with Crippen molar-refractivity contribution >= 4 is 39.0 Å². The first-order chi connectivity index (χ1) is 7.65. The molecule has 0 aliphatic carbocycles. The quantitative estimate of drug-likeness (QED) is 0.807. The summed E-state index contributed by atoms with van der Waals surface area (Å²) in [5.74, 6) is 0.0951. The minimum absolute atomic E-state index is 0.214. The van der Waals surface area contributed by atoms with Crippen molar-refractivity contribution in [1.82, 2.24) is 15.5 Å². The van der Waals surface area contributed by atoms with Crippen molar-refractivity contribution in [2.24, 2.45) is 0 Å². The summed E-state index contributed by atoms with van der Waals surface area (Å²) in [7, 11) is 0. The molecule has 0 saturated carbocycles. The van der Waals surface area contributed by atoms with Gasteiger partial charge in [-0.2, -0.15) is 5.10 Å². The number of carbonyl (C=O) groups is 1. The number of nitrogens with two attached hydrogens (primary N) is 1. The Balaban J connectivity index is 1.93. The molecule has 84 valence electrons. The third-order valence-corrected chi connectivity index (χ3v) is 3.58. The van der Waals surface area contributed by atoms with E-state index in [4.69, 9.17) is 5.73 Å². The molecule has 4 N–H and O–H groups in total. The number of nitrogens with zero attached hydrogens (tertiary/aromatic N) is 1. The predicted molar refractivity (Wildman–Crippen MR) is 66.2 cm³/mol. The van der Waals surface area contributed by atoms with Crippen LogP contribution in [0.15, 0.2) is 22.0 Å². The second kappa shape index (κ2) is 4.67. The minimum Gasteiger partial charge on any atom is -0.382 e. The highest BCUT2D eigenvalue weighted by atomic mass is 79.9. The Morgan fingerprint density at radius 3 is 3.00 bits per heavy atom. The van der Waals surface area contributed by atoms with Gasteiger partial charge in [0.25, 0.3) is 5.91 Å². The van der Waals surface area contributed by atoms with Crippen LogP contribution >= 0.6 is 27.3 Å². The van der Waals surface area contributed by atoms with Crippen molar-refractivity contribution in [3.63, 3.8) is 0 Å². The SMILES string of the molecule is Nc1cc(C(=O)NCc2cc(Br)cs2)[nH]n1. The molecule has 0 unspecified atom stereocenters. The van der Waals surface area contributed by atoms with Gasteiger partial charge in [0, 0.05) is 20.8 Å². The third-order valence-electron chi connectivity index (χ3n) is 1.89. The van der Waals surface area contributed by atoms with E-state index in [2.05, 4.69) is 31.4 Å². The lowest BCUT2D eigenvalue weighted by Gasteiger charge is -2.00. The average molecular weight is 301 g/mol. The fraction of sp³-hybridized carbons (Fsp3) is 0.111. The Bertz CT molecular complexity index is 507. The van der Waals surface area contributed by atoms with Crippen LogP contribution in [0.4, 0.5) is 5.82 Å². The van der Waals surface area contributed by atoms with Crippen LogP contribution in [0.1, 0.15) is 15.4 Å². The number of hydrogen-bond acceptors (Lipinski definition) is 4. The Morgan fingerprint density at radius 2 is 2.44 bits per heavy atom. The minimum atomic E-state index is -0.214. The smallest absolute Gasteiger partial charge is 0.269 e. The van der Waals surface area contributed by atoms with Gasteiger partial charge in [-0.3, -0.25) is 9.89 Å². The Kier molecular flexibility index (Phi) is 3.25. The summed E-state index contributed by atoms with van der Waals surface area (Å²) in [6.45, 7) is 0.494. The van der Waals surface area contributed by atoms with E-state index >= 15 is 0 Å². The normalized spacial score (nSPS) is 10.3. The van der Waals surface area contributed by atoms with Gasteiger partial charge in [-0.1, -0.05) is 0 Å². The number of nitrogen functional groups attached to an aromatic ring is 1. The second-order valence-electron chi connectivity index (χ2n) is 3.12. The van der Waals surface area contributed by atoms with Crippen molar-refractivity contribution in [1.29, 1.82) is 0 Å². The highest BCUT2D eigenvalue weighted by molar-refractivity contribution is 9.10. The van der Waals surface area contributed by atoms with Crippen LogP contribution in [0.5, 0.6) is 0 Å². The van der Waals surface area contributed by atoms with E-state index in [1.54, 1.807) is 11.3 Å². The lowest BCUT2D eigenvalue weighted by Crippen LogP contribution is -2.22. The van der Waals surface area contributed by atoms with Gasteiger partial charge < -0.3 is 11.1 Å². The van der Waals surface area contributed by atoms with Crippen LogP contribution in [-0.4, -0.2) is 16.1 Å². The maximum absolute atomic E-state index is 11.6. The van der Waals surface area contributed by atoms with Gasteiger partial charge in [-0.25, -0.2) is 0 Å². The fourth-order valence-electron chi connectivity index (χ4n) is 1.16. The van der Waals surface area contributed by atoms with E-state index in [-0.39, 0.29) is 5.91 Å². The van der Waals surface area contributed by atoms with E-state index in [1.807, 2.05) is 11.4 Å². The summed E-state index contributed by atoms with van der Waals surface area (Å²) < 4.78 is 1.02. The molecule has 0 bridgehead atoms. The van der Waals surface area contributed by atoms with Crippen LogP contribution in [0.3, 0.4) is 0 Å². The summed E-state index contributed by atoms with van der Waals surface area (Å²) in [6, 6.07) is 3.46. The summed E-state index contributed by atoms with van der Waals surface area (Å²) in [5, 5.41) is 11.0. The molecule has 0 aliphatic heterocycles. The topological polar surface area (TPSA) is 83.8 Å². The number of aromatic amines is 1. The lowest BCUT2D eigenvalue weighted by molar-refractivity contribution is 0.0946. The Labute approximate surface area is 104 Å². The fourth-order valence-corrected chi connectivity index (χ4v) is 2.55. The van der Waals surface area contributed by atoms with Gasteiger partial charge in [0.15, 0.2) is 0 Å². The molecular weight excluding hydrogens is 292 g/mol. The van der Waals surface area contributed by atoms with Crippen molar-refractivity contribution in [2.75, 3.05) is 5.73 Å². The van der Waals surface area contributed by atoms with Crippen LogP contribution in [0.2, 0.25) is 0 Å². The zero-order valence-electron chi connectivity index (χ0n) is 8.16. The van der Waals surface area contributed by atoms with Crippen LogP contribution in [0, 0.1) is 0 Å². The molecular formula is C9H9BrN4OS. The first kappa shape index (κ1) is 11.2. The van der Waals surface area contributed by atoms with Crippen LogP contribution < -0.4 is 11.1 Å². The zero-order chi connectivity index (χ0) is 11.5. The first-order valence-corrected chi connectivity index (χ1v) is 6.14. The summed E-state index contributed by atoms with van der Waals surface area (Å²) >= 11 is 4.93. The largest absolute Gasteiger partial charge is 0.382 e. The van der Waals surface area contributed by atoms with Crippen molar-refractivity contribution in [3.8, 4) is 0 Å². The molecule has 2 aromatic rings. The van der Waals surface area contributed by atoms with Crippen molar-refractivity contribution in [2.45, 2.75) is 6.54 Å². The molecule has 16 heavy (non-hydrogen) atoms. The number of carbonyl (C=O) groups excluding carboxylic acids is 1. The molecule has 5 nitrogen and oxygen atoms in total. The number of H-pyrrole nitrogens is 1. The predicted octanol–water partition coefficient (Wildman–Crippen LogP) is 1.75. The van der Waals surface area contributed by atoms with Gasteiger partial charge in [0.1, 0.15) is 11.5 Å². The van der Waals surface area contributed by atoms with Gasteiger partial charge in [0.05, 0.1) is 6.54 Å². The Hall–Kier alpha value is -1.34. The number of halogens is 1. The van der Waals surface area contributed by atoms with Gasteiger partial charge in [-0.05, 0) is 22.0 Å². The summed E-state index contributed by atoms with van der Waals surface area (Å²) in [6.07, 6.45) is 0. The Morgan fingerprint density at radius 1 is 1.62 bits per heavy atom. The number of nitrogens with one attached hydrogen (secondary N) is 2. The molecule has 2 rings (SSSR count). The number of thiophene rings is 1. The van der Waals surface area contributed by atoms with Gasteiger partial charge >= 0.3 is 0 Å². The maximum atomic E-state index is 11.6. The monoisotopic (exact) mass is 300 g/mol. The molecule has 1 amide bonds. The molecule has 0 fully saturated rings. The summed E-state index contributed by atoms with van der Waals surface area (Å²) in [5.41, 5.74) is 5.77. The zero-order valence-corrected chi connectivity index (χ0v) is 10.6. The van der Waals surface area contributed by atoms with E-state index in [0.29, 0.717) is 18.1 Å². The molecule has 2 heterocycles. The standard InChI is InChI=1S/C9H9BrN4OS/c10-5-1-6(16-4-5)3-12-9(15)7-2-8(11)14-13-7/h1-2,4H,3H2,(H,12,15)(H3,11,13,14). The molecule has 0 aliphatic rings. The second-order valence-corrected chi connectivity index (χ2v) is 5.03. The van der Waals surface area contributed by atoms with Gasteiger partial charge in [0.2, 0.25) is 0 Å². The molecule has 0 aromatic carbocycles. The first-order valence-electron chi connectivity index (χ1n) is 4.47. The number of amides is 1. The highest BCUT2D eigenvalue weighted by Crippen LogP contribution is 2.19. The average Bonchev–Trinajstić information content (AvgIpc) is 2.84. The molecule has 0 atom stereocenters. The lowest BCUT2D eigenvalue weighted by atomic mass is 10.4. The number of anilines is 1. The highest BCUT2D eigenvalue weighted by Gasteiger charge is 2.08. The van der Waals surface area contributed by atoms with Crippen molar-refractivity contribution in [3.05, 3.63) is 32.6 Å². The van der Waals surface area contributed by atoms with Crippen molar-refractivity contribution < 1.29 is 4.79 Å². The van der Waals surface area contributed by atoms with Gasteiger partial charge in [-0.15, -0.1) is 11.3 Å². The molecule has 0 radical (unpaired) electrons. The van der Waals surface area contributed by atoms with E-state index in [0.717, 1.165) is 9.35 Å². The van der Waals surface area contributed by atoms with E-state index < -0.39 is 0 Å². The molecule has 7 heteroatoms. The molecule has 2 aromatic heterocycles. The molecule has 0 spiro atoms. The molecule has 0 saturated heterocycles. The third kappa shape index (κ3) is 2.61. The summed E-state index contributed by atoms with van der Waals surface area (Å²) in [4.78, 5) is 12.7. The number of aromatic nitrogens is 2. The maximum Gasteiger partial charge on any atom is 0.269 e.